The Morgan fingerprint density at radius 2 is 1.56 bits per heavy atom. The molecule has 1 aliphatic heterocycles. The molecule has 1 saturated heterocycles. The van der Waals surface area contributed by atoms with Gasteiger partial charge in [0, 0.05) is 61.0 Å². The van der Waals surface area contributed by atoms with Crippen LogP contribution in [0.3, 0.4) is 0 Å². The molecule has 8 heteroatoms. The summed E-state index contributed by atoms with van der Waals surface area (Å²) in [5.74, 6) is 0.454. The van der Waals surface area contributed by atoms with Gasteiger partial charge in [-0.3, -0.25) is 4.90 Å². The van der Waals surface area contributed by atoms with E-state index in [2.05, 4.69) is 45.3 Å². The van der Waals surface area contributed by atoms with E-state index in [0.717, 1.165) is 43.3 Å². The van der Waals surface area contributed by atoms with Crippen LogP contribution in [0.15, 0.2) is 36.7 Å². The number of aromatic nitrogens is 2. The molecular formula is C24H36FN5OS. The number of hydrogen-bond acceptors (Lipinski definition) is 6. The fourth-order valence-electron chi connectivity index (χ4n) is 3.64. The van der Waals surface area contributed by atoms with Crippen molar-refractivity contribution in [1.29, 1.82) is 0 Å². The molecule has 1 aromatic heterocycles. The second-order valence-electron chi connectivity index (χ2n) is 10.3. The van der Waals surface area contributed by atoms with Gasteiger partial charge in [0.15, 0.2) is 0 Å². The van der Waals surface area contributed by atoms with Gasteiger partial charge in [-0.1, -0.05) is 12.1 Å². The van der Waals surface area contributed by atoms with Crippen LogP contribution in [0.4, 0.5) is 10.3 Å². The zero-order valence-corrected chi connectivity index (χ0v) is 20.9. The van der Waals surface area contributed by atoms with Crippen molar-refractivity contribution in [3.05, 3.63) is 53.6 Å². The van der Waals surface area contributed by atoms with Crippen LogP contribution >= 0.6 is 0 Å². The van der Waals surface area contributed by atoms with E-state index < -0.39 is 16.1 Å². The maximum Gasteiger partial charge on any atom is 0.225 e. The number of halogens is 1. The van der Waals surface area contributed by atoms with Gasteiger partial charge in [-0.2, -0.15) is 0 Å². The van der Waals surface area contributed by atoms with Crippen molar-refractivity contribution in [3.63, 3.8) is 0 Å². The predicted octanol–water partition coefficient (Wildman–Crippen LogP) is 3.87. The summed E-state index contributed by atoms with van der Waals surface area (Å²) in [4.78, 5) is 14.0. The van der Waals surface area contributed by atoms with E-state index in [-0.39, 0.29) is 17.4 Å². The first-order valence-corrected chi connectivity index (χ1v) is 12.3. The van der Waals surface area contributed by atoms with Gasteiger partial charge in [0.25, 0.3) is 0 Å². The van der Waals surface area contributed by atoms with Crippen LogP contribution in [0.25, 0.3) is 0 Å². The maximum atomic E-state index is 13.3. The lowest BCUT2D eigenvalue weighted by molar-refractivity contribution is 0.128. The lowest BCUT2D eigenvalue weighted by Gasteiger charge is -2.42. The molecule has 0 spiro atoms. The van der Waals surface area contributed by atoms with Crippen molar-refractivity contribution < 1.29 is 8.94 Å². The summed E-state index contributed by atoms with van der Waals surface area (Å²) in [6.07, 6.45) is 4.20. The lowest BCUT2D eigenvalue weighted by atomic mass is 10.0. The van der Waals surface area contributed by atoms with Gasteiger partial charge in [-0.15, -0.1) is 4.72 Å². The summed E-state index contributed by atoms with van der Waals surface area (Å²) < 4.78 is 29.0. The number of piperazine rings is 1. The van der Waals surface area contributed by atoms with Crippen molar-refractivity contribution in [3.8, 4) is 0 Å². The highest BCUT2D eigenvalue weighted by Gasteiger charge is 2.31. The first-order chi connectivity index (χ1) is 14.9. The first kappa shape index (κ1) is 24.9. The molecule has 176 valence electrons. The number of nitrogens with one attached hydrogen (secondary N) is 1. The maximum absolute atomic E-state index is 13.3. The molecule has 2 aromatic rings. The molecule has 6 nitrogen and oxygen atoms in total. The van der Waals surface area contributed by atoms with E-state index in [4.69, 9.17) is 0 Å². The van der Waals surface area contributed by atoms with Gasteiger partial charge < -0.3 is 9.45 Å². The molecule has 1 N–H and O–H groups in total. The minimum absolute atomic E-state index is 0.165. The molecule has 2 atom stereocenters. The summed E-state index contributed by atoms with van der Waals surface area (Å²) in [6, 6.07) is 6.17. The van der Waals surface area contributed by atoms with E-state index >= 15 is 0 Å². The molecule has 0 bridgehead atoms. The van der Waals surface area contributed by atoms with Crippen LogP contribution in [0.1, 0.15) is 58.7 Å². The predicted molar refractivity (Wildman–Crippen MR) is 129 cm³/mol. The van der Waals surface area contributed by atoms with Gasteiger partial charge in [-0.25, -0.2) is 14.4 Å². The highest BCUT2D eigenvalue weighted by molar-refractivity contribution is 7.90. The summed E-state index contributed by atoms with van der Waals surface area (Å²) in [7, 11) is 0. The molecule has 1 unspecified atom stereocenters. The van der Waals surface area contributed by atoms with Crippen LogP contribution in [-0.4, -0.2) is 55.9 Å². The van der Waals surface area contributed by atoms with Crippen LogP contribution in [0.2, 0.25) is 0 Å². The minimum atomic E-state index is -1.26. The molecule has 1 aromatic carbocycles. The molecule has 3 rings (SSSR count). The van der Waals surface area contributed by atoms with E-state index in [1.807, 2.05) is 33.2 Å². The van der Waals surface area contributed by atoms with Crippen molar-refractivity contribution in [1.82, 2.24) is 19.6 Å². The van der Waals surface area contributed by atoms with Crippen LogP contribution in [-0.2, 0) is 17.8 Å². The Labute approximate surface area is 194 Å². The second kappa shape index (κ2) is 10.0. The minimum Gasteiger partial charge on any atom is -0.598 e. The van der Waals surface area contributed by atoms with Crippen molar-refractivity contribution in [2.45, 2.75) is 64.3 Å². The molecule has 0 radical (unpaired) electrons. The van der Waals surface area contributed by atoms with Crippen molar-refractivity contribution in [2.24, 2.45) is 0 Å². The monoisotopic (exact) mass is 461 g/mol. The Morgan fingerprint density at radius 1 is 1.00 bits per heavy atom. The largest absolute Gasteiger partial charge is 0.598 e. The Hall–Kier alpha value is -1.74. The summed E-state index contributed by atoms with van der Waals surface area (Å²) in [6.45, 7) is 16.3. The third kappa shape index (κ3) is 6.63. The molecule has 1 fully saturated rings. The standard InChI is InChI=1S/C24H36FN5OS/c1-23(2,3)30-13-11-29(12-14-30)22-26-16-19(17-27-22)21(28-32(31)24(4,5)6)15-18-7-9-20(25)10-8-18/h7-10,16-17,21,28H,11-15H2,1-6H3/t21?,32-/m0/s1. The number of benzene rings is 1. The van der Waals surface area contributed by atoms with E-state index in [1.54, 1.807) is 12.1 Å². The number of hydrogen-bond donors (Lipinski definition) is 1. The zero-order chi connectivity index (χ0) is 23.5. The Balaban J connectivity index is 1.74. The summed E-state index contributed by atoms with van der Waals surface area (Å²) in [5, 5.41) is 0. The quantitative estimate of drug-likeness (QED) is 0.659. The van der Waals surface area contributed by atoms with E-state index in [0.29, 0.717) is 6.42 Å². The van der Waals surface area contributed by atoms with Crippen molar-refractivity contribution in [2.75, 3.05) is 31.1 Å². The lowest BCUT2D eigenvalue weighted by Crippen LogP contribution is -2.53. The average Bonchev–Trinajstić information content (AvgIpc) is 2.74. The van der Waals surface area contributed by atoms with Crippen LogP contribution in [0, 0.1) is 5.82 Å². The number of nitrogens with zero attached hydrogens (tertiary/aromatic N) is 4. The smallest absolute Gasteiger partial charge is 0.225 e. The van der Waals surface area contributed by atoms with Gasteiger partial charge in [0.2, 0.25) is 5.95 Å². The Morgan fingerprint density at radius 3 is 2.06 bits per heavy atom. The van der Waals surface area contributed by atoms with Crippen LogP contribution < -0.4 is 9.62 Å². The molecule has 32 heavy (non-hydrogen) atoms. The average molecular weight is 462 g/mol. The molecule has 1 aliphatic rings. The van der Waals surface area contributed by atoms with Gasteiger partial charge in [-0.05, 0) is 65.7 Å². The fourth-order valence-corrected chi connectivity index (χ4v) is 4.47. The van der Waals surface area contributed by atoms with Gasteiger partial charge in [0.1, 0.15) is 10.6 Å². The molecule has 2 heterocycles. The molecule has 0 saturated carbocycles. The van der Waals surface area contributed by atoms with E-state index in [9.17, 15) is 8.94 Å². The number of rotatable bonds is 6. The third-order valence-corrected chi connectivity index (χ3v) is 7.34. The van der Waals surface area contributed by atoms with Gasteiger partial charge in [0.05, 0.1) is 6.04 Å². The topological polar surface area (TPSA) is 67.3 Å². The zero-order valence-electron chi connectivity index (χ0n) is 20.1. The normalized spacial score (nSPS) is 17.9. The summed E-state index contributed by atoms with van der Waals surface area (Å²) in [5.41, 5.74) is 1.99. The SMILES string of the molecule is CC(C)(C)N1CCN(c2ncc(C(Cc3ccc(F)cc3)N[S@@+]([O-])C(C)(C)C)cn2)CC1. The van der Waals surface area contributed by atoms with Gasteiger partial charge >= 0.3 is 0 Å². The molecule has 0 amide bonds. The first-order valence-electron chi connectivity index (χ1n) is 11.2. The van der Waals surface area contributed by atoms with Crippen LogP contribution in [0.5, 0.6) is 0 Å². The molecule has 0 aliphatic carbocycles. The molecular weight excluding hydrogens is 425 g/mol. The highest BCUT2D eigenvalue weighted by atomic mass is 32.2. The highest BCUT2D eigenvalue weighted by Crippen LogP contribution is 2.24. The Kier molecular flexibility index (Phi) is 7.81. The van der Waals surface area contributed by atoms with E-state index in [1.165, 1.54) is 12.1 Å². The number of anilines is 1. The second-order valence-corrected chi connectivity index (χ2v) is 12.3. The van der Waals surface area contributed by atoms with Crippen molar-refractivity contribution >= 4 is 17.3 Å². The summed E-state index contributed by atoms with van der Waals surface area (Å²) >= 11 is -1.26. The fraction of sp³-hybridized carbons (Fsp3) is 0.583. The third-order valence-electron chi connectivity index (χ3n) is 5.73. The Bertz CT molecular complexity index is 856.